The number of β-amino-alcohol motifs (C(OH)–C–C–N with tert-alkyl or cyclic N) is 1. The maximum absolute atomic E-state index is 11.5. The maximum atomic E-state index is 11.5. The molecule has 2 N–H and O–H groups in total. The summed E-state index contributed by atoms with van der Waals surface area (Å²) < 4.78 is 0. The summed E-state index contributed by atoms with van der Waals surface area (Å²) in [5.41, 5.74) is 2.62. The van der Waals surface area contributed by atoms with Crippen LogP contribution in [0.3, 0.4) is 0 Å². The van der Waals surface area contributed by atoms with Gasteiger partial charge in [-0.2, -0.15) is 4.98 Å². The number of carbonyl (C=O) groups is 1. The number of amides is 1. The van der Waals surface area contributed by atoms with Crippen LogP contribution >= 0.6 is 0 Å². The molecular formula is C21H26N6O2. The number of anilines is 4. The van der Waals surface area contributed by atoms with Crippen molar-refractivity contribution in [2.75, 3.05) is 34.8 Å². The van der Waals surface area contributed by atoms with Gasteiger partial charge in [0.1, 0.15) is 11.6 Å². The van der Waals surface area contributed by atoms with Crippen LogP contribution in [0.5, 0.6) is 0 Å². The number of nitrogens with one attached hydrogen (secondary N) is 1. The number of pyridine rings is 1. The molecule has 1 amide bonds. The van der Waals surface area contributed by atoms with Crippen LogP contribution in [0.4, 0.5) is 23.3 Å². The summed E-state index contributed by atoms with van der Waals surface area (Å²) in [6.45, 7) is 7.46. The molecule has 8 nitrogen and oxygen atoms in total. The van der Waals surface area contributed by atoms with Crippen molar-refractivity contribution in [2.45, 2.75) is 51.0 Å². The number of aromatic nitrogens is 3. The van der Waals surface area contributed by atoms with Crippen LogP contribution < -0.4 is 15.1 Å². The average molecular weight is 394 g/mol. The number of aliphatic hydroxyl groups is 1. The molecular weight excluding hydrogens is 368 g/mol. The highest BCUT2D eigenvalue weighted by atomic mass is 16.3. The van der Waals surface area contributed by atoms with Gasteiger partial charge in [0.15, 0.2) is 0 Å². The Morgan fingerprint density at radius 1 is 1.21 bits per heavy atom. The third-order valence-corrected chi connectivity index (χ3v) is 6.20. The van der Waals surface area contributed by atoms with Crippen LogP contribution in [-0.2, 0) is 10.2 Å². The molecule has 1 atom stereocenters. The Labute approximate surface area is 170 Å². The first-order valence-electron chi connectivity index (χ1n) is 10.1. The van der Waals surface area contributed by atoms with Gasteiger partial charge in [-0.05, 0) is 33.1 Å². The van der Waals surface area contributed by atoms with Crippen LogP contribution in [0.25, 0.3) is 0 Å². The zero-order valence-corrected chi connectivity index (χ0v) is 17.1. The highest BCUT2D eigenvalue weighted by molar-refractivity contribution is 5.89. The van der Waals surface area contributed by atoms with Crippen LogP contribution in [0.2, 0.25) is 0 Å². The smallest absolute Gasteiger partial charge is 0.227 e. The molecule has 1 aliphatic carbocycles. The molecule has 5 rings (SSSR count). The van der Waals surface area contributed by atoms with Crippen LogP contribution in [0, 0.1) is 6.92 Å². The van der Waals surface area contributed by atoms with Gasteiger partial charge in [-0.1, -0.05) is 0 Å². The van der Waals surface area contributed by atoms with Gasteiger partial charge in [-0.25, -0.2) is 9.97 Å². The van der Waals surface area contributed by atoms with E-state index in [9.17, 15) is 9.90 Å². The predicted molar refractivity (Wildman–Crippen MR) is 111 cm³/mol. The number of rotatable bonds is 3. The van der Waals surface area contributed by atoms with Crippen molar-refractivity contribution in [1.29, 1.82) is 0 Å². The van der Waals surface area contributed by atoms with Crippen molar-refractivity contribution in [1.82, 2.24) is 15.0 Å². The molecule has 29 heavy (non-hydrogen) atoms. The summed E-state index contributed by atoms with van der Waals surface area (Å²) >= 11 is 0. The number of hydrogen-bond donors (Lipinski definition) is 2. The number of aryl methyl sites for hydroxylation is 1. The summed E-state index contributed by atoms with van der Waals surface area (Å²) in [5.74, 6) is 1.93. The fraction of sp³-hybridized carbons (Fsp3) is 0.524. The maximum Gasteiger partial charge on any atom is 0.227 e. The fourth-order valence-electron chi connectivity index (χ4n) is 4.51. The minimum Gasteiger partial charge on any atom is -0.388 e. The van der Waals surface area contributed by atoms with E-state index in [-0.39, 0.29) is 11.3 Å². The monoisotopic (exact) mass is 394 g/mol. The minimum atomic E-state index is -0.704. The van der Waals surface area contributed by atoms with E-state index in [1.54, 1.807) is 0 Å². The van der Waals surface area contributed by atoms with Gasteiger partial charge in [-0.3, -0.25) is 4.79 Å². The Hall–Kier alpha value is -2.74. The van der Waals surface area contributed by atoms with E-state index in [0.29, 0.717) is 24.7 Å². The van der Waals surface area contributed by atoms with E-state index >= 15 is 0 Å². The topological polar surface area (TPSA) is 94.5 Å². The molecule has 152 valence electrons. The predicted octanol–water partition coefficient (Wildman–Crippen LogP) is 2.28. The molecule has 4 heterocycles. The second kappa shape index (κ2) is 6.13. The first-order valence-corrected chi connectivity index (χ1v) is 10.1. The SMILES string of the molecule is CC(=O)Nc1cc2c(cn1)C1(CC1)CN2c1cc(C)nc(N2CCC(C)(O)C2)n1. The Kier molecular flexibility index (Phi) is 3.87. The molecule has 0 aromatic carbocycles. The zero-order chi connectivity index (χ0) is 20.4. The molecule has 2 aromatic rings. The average Bonchev–Trinajstić information content (AvgIpc) is 3.22. The lowest BCUT2D eigenvalue weighted by atomic mass is 10.0. The van der Waals surface area contributed by atoms with E-state index in [4.69, 9.17) is 4.98 Å². The first kappa shape index (κ1) is 18.3. The quantitative estimate of drug-likeness (QED) is 0.825. The lowest BCUT2D eigenvalue weighted by Gasteiger charge is -2.23. The van der Waals surface area contributed by atoms with Gasteiger partial charge < -0.3 is 20.2 Å². The molecule has 3 aliphatic rings. The summed E-state index contributed by atoms with van der Waals surface area (Å²) in [4.78, 5) is 29.7. The number of fused-ring (bicyclic) bond motifs is 2. The summed E-state index contributed by atoms with van der Waals surface area (Å²) in [6, 6.07) is 3.95. The Morgan fingerprint density at radius 3 is 2.66 bits per heavy atom. The molecule has 8 heteroatoms. The van der Waals surface area contributed by atoms with Gasteiger partial charge in [0, 0.05) is 61.6 Å². The second-order valence-corrected chi connectivity index (χ2v) is 8.97. The standard InChI is InChI=1S/C21H26N6O2/c1-13-8-18(25-19(23-13)26-7-6-20(3,29)11-26)27-12-21(4-5-21)15-10-22-17(9-16(15)27)24-14(2)28/h8-10,29H,4-7,11-12H2,1-3H3,(H,22,24,28). The summed E-state index contributed by atoms with van der Waals surface area (Å²) in [7, 11) is 0. The number of carbonyl (C=O) groups excluding carboxylic acids is 1. The lowest BCUT2D eigenvalue weighted by molar-refractivity contribution is -0.114. The Bertz CT molecular complexity index is 1000. The minimum absolute atomic E-state index is 0.135. The van der Waals surface area contributed by atoms with Gasteiger partial charge >= 0.3 is 0 Å². The molecule has 2 fully saturated rings. The highest BCUT2D eigenvalue weighted by Crippen LogP contribution is 2.58. The second-order valence-electron chi connectivity index (χ2n) is 8.97. The van der Waals surface area contributed by atoms with Crippen molar-refractivity contribution in [3.8, 4) is 0 Å². The molecule has 1 unspecified atom stereocenters. The third-order valence-electron chi connectivity index (χ3n) is 6.20. The van der Waals surface area contributed by atoms with E-state index in [1.807, 2.05) is 32.2 Å². The van der Waals surface area contributed by atoms with Crippen molar-refractivity contribution in [3.05, 3.63) is 29.6 Å². The molecule has 2 aliphatic heterocycles. The van der Waals surface area contributed by atoms with Gasteiger partial charge in [-0.15, -0.1) is 0 Å². The first-order chi connectivity index (χ1) is 13.7. The largest absolute Gasteiger partial charge is 0.388 e. The van der Waals surface area contributed by atoms with Gasteiger partial charge in [0.25, 0.3) is 0 Å². The fourth-order valence-corrected chi connectivity index (χ4v) is 4.51. The van der Waals surface area contributed by atoms with E-state index in [2.05, 4.69) is 25.1 Å². The van der Waals surface area contributed by atoms with Crippen molar-refractivity contribution >= 4 is 29.2 Å². The lowest BCUT2D eigenvalue weighted by Crippen LogP contribution is -2.31. The Morgan fingerprint density at radius 2 is 2.00 bits per heavy atom. The van der Waals surface area contributed by atoms with Crippen molar-refractivity contribution in [2.24, 2.45) is 0 Å². The van der Waals surface area contributed by atoms with Gasteiger partial charge in [0.2, 0.25) is 11.9 Å². The Balaban J connectivity index is 1.53. The summed E-state index contributed by atoms with van der Waals surface area (Å²) in [6.07, 6.45) is 4.90. The molecule has 0 radical (unpaired) electrons. The van der Waals surface area contributed by atoms with E-state index in [0.717, 1.165) is 43.1 Å². The van der Waals surface area contributed by atoms with Crippen molar-refractivity contribution < 1.29 is 9.90 Å². The summed E-state index contributed by atoms with van der Waals surface area (Å²) in [5, 5.41) is 13.1. The normalized spacial score (nSPS) is 24.1. The zero-order valence-electron chi connectivity index (χ0n) is 17.1. The molecule has 1 spiro atoms. The molecule has 1 saturated heterocycles. The number of nitrogens with zero attached hydrogens (tertiary/aromatic N) is 5. The molecule has 0 bridgehead atoms. The van der Waals surface area contributed by atoms with E-state index < -0.39 is 5.60 Å². The van der Waals surface area contributed by atoms with Crippen molar-refractivity contribution in [3.63, 3.8) is 0 Å². The third kappa shape index (κ3) is 3.21. The van der Waals surface area contributed by atoms with Crippen LogP contribution in [0.1, 0.15) is 44.4 Å². The van der Waals surface area contributed by atoms with Crippen LogP contribution in [-0.4, -0.2) is 51.2 Å². The molecule has 1 saturated carbocycles. The van der Waals surface area contributed by atoms with Gasteiger partial charge in [0.05, 0.1) is 11.3 Å². The van der Waals surface area contributed by atoms with E-state index in [1.165, 1.54) is 12.5 Å². The molecule has 2 aromatic heterocycles. The number of hydrogen-bond acceptors (Lipinski definition) is 7. The highest BCUT2D eigenvalue weighted by Gasteiger charge is 2.52. The van der Waals surface area contributed by atoms with Crippen LogP contribution in [0.15, 0.2) is 18.3 Å².